The predicted octanol–water partition coefficient (Wildman–Crippen LogP) is 1.47. The fourth-order valence-electron chi connectivity index (χ4n) is 2.20. The Morgan fingerprint density at radius 1 is 1.15 bits per heavy atom. The van der Waals surface area contributed by atoms with E-state index in [2.05, 4.69) is 20.6 Å². The lowest BCUT2D eigenvalue weighted by Gasteiger charge is -2.14. The van der Waals surface area contributed by atoms with Crippen LogP contribution < -0.4 is 25.0 Å². The maximum Gasteiger partial charge on any atom is 0.258 e. The SMILES string of the molecule is COc1ccccc1OCC(=O)NCCNc1cc(N(C)C)nc(C)n1. The number of hydrogen-bond acceptors (Lipinski definition) is 7. The molecule has 0 saturated heterocycles. The first-order valence-corrected chi connectivity index (χ1v) is 8.29. The molecular weight excluding hydrogens is 334 g/mol. The van der Waals surface area contributed by atoms with Crippen LogP contribution in [0.15, 0.2) is 30.3 Å². The Morgan fingerprint density at radius 2 is 1.88 bits per heavy atom. The second kappa shape index (κ2) is 9.45. The van der Waals surface area contributed by atoms with Gasteiger partial charge in [-0.3, -0.25) is 4.79 Å². The molecule has 0 aliphatic carbocycles. The van der Waals surface area contributed by atoms with Crippen molar-refractivity contribution < 1.29 is 14.3 Å². The Kier molecular flexibility index (Phi) is 7.02. The number of hydrogen-bond donors (Lipinski definition) is 2. The Balaban J connectivity index is 1.73. The van der Waals surface area contributed by atoms with Crippen LogP contribution in [0.1, 0.15) is 5.82 Å². The van der Waals surface area contributed by atoms with E-state index in [1.54, 1.807) is 19.2 Å². The smallest absolute Gasteiger partial charge is 0.258 e. The summed E-state index contributed by atoms with van der Waals surface area (Å²) in [5.41, 5.74) is 0. The lowest BCUT2D eigenvalue weighted by atomic mass is 10.3. The molecule has 0 saturated carbocycles. The first-order chi connectivity index (χ1) is 12.5. The van der Waals surface area contributed by atoms with Crippen LogP contribution in [0.4, 0.5) is 11.6 Å². The van der Waals surface area contributed by atoms with Crippen LogP contribution in [0.25, 0.3) is 0 Å². The van der Waals surface area contributed by atoms with Gasteiger partial charge in [0.15, 0.2) is 18.1 Å². The molecule has 0 aliphatic heterocycles. The van der Waals surface area contributed by atoms with Gasteiger partial charge in [-0.1, -0.05) is 12.1 Å². The van der Waals surface area contributed by atoms with Gasteiger partial charge in [-0.05, 0) is 19.1 Å². The van der Waals surface area contributed by atoms with Crippen LogP contribution in [0.5, 0.6) is 11.5 Å². The van der Waals surface area contributed by atoms with Gasteiger partial charge in [0.1, 0.15) is 17.5 Å². The minimum absolute atomic E-state index is 0.0717. The molecule has 0 fully saturated rings. The number of carbonyl (C=O) groups excluding carboxylic acids is 1. The van der Waals surface area contributed by atoms with Gasteiger partial charge in [-0.15, -0.1) is 0 Å². The summed E-state index contributed by atoms with van der Waals surface area (Å²) >= 11 is 0. The number of para-hydroxylation sites is 2. The molecule has 0 atom stereocenters. The van der Waals surface area contributed by atoms with Crippen molar-refractivity contribution in [3.8, 4) is 11.5 Å². The molecular formula is C18H25N5O3. The molecule has 0 bridgehead atoms. The number of ether oxygens (including phenoxy) is 2. The maximum absolute atomic E-state index is 11.9. The Labute approximate surface area is 153 Å². The summed E-state index contributed by atoms with van der Waals surface area (Å²) in [5, 5.41) is 5.97. The fourth-order valence-corrected chi connectivity index (χ4v) is 2.20. The number of benzene rings is 1. The molecule has 140 valence electrons. The largest absolute Gasteiger partial charge is 0.493 e. The predicted molar refractivity (Wildman–Crippen MR) is 101 cm³/mol. The van der Waals surface area contributed by atoms with Crippen molar-refractivity contribution >= 4 is 17.5 Å². The number of nitrogens with one attached hydrogen (secondary N) is 2. The van der Waals surface area contributed by atoms with Crippen LogP contribution in [-0.4, -0.2) is 56.8 Å². The standard InChI is InChI=1S/C18H25N5O3/c1-13-21-16(11-17(22-13)23(2)3)19-9-10-20-18(24)12-26-15-8-6-5-7-14(15)25-4/h5-8,11H,9-10,12H2,1-4H3,(H,20,24)(H,19,21,22). The van der Waals surface area contributed by atoms with Crippen molar-refractivity contribution in [3.05, 3.63) is 36.2 Å². The molecule has 26 heavy (non-hydrogen) atoms. The molecule has 2 aromatic rings. The van der Waals surface area contributed by atoms with E-state index in [9.17, 15) is 4.79 Å². The molecule has 2 N–H and O–H groups in total. The maximum atomic E-state index is 11.9. The number of aromatic nitrogens is 2. The highest BCUT2D eigenvalue weighted by Gasteiger charge is 2.07. The van der Waals surface area contributed by atoms with E-state index in [1.165, 1.54) is 0 Å². The van der Waals surface area contributed by atoms with E-state index < -0.39 is 0 Å². The van der Waals surface area contributed by atoms with E-state index in [-0.39, 0.29) is 12.5 Å². The fraction of sp³-hybridized carbons (Fsp3) is 0.389. The second-order valence-electron chi connectivity index (χ2n) is 5.77. The van der Waals surface area contributed by atoms with Gasteiger partial charge in [0, 0.05) is 33.3 Å². The van der Waals surface area contributed by atoms with Crippen molar-refractivity contribution in [3.63, 3.8) is 0 Å². The highest BCUT2D eigenvalue weighted by Crippen LogP contribution is 2.25. The first kappa shape index (κ1) is 19.3. The number of aryl methyl sites for hydroxylation is 1. The molecule has 0 radical (unpaired) electrons. The average Bonchev–Trinajstić information content (AvgIpc) is 2.63. The summed E-state index contributed by atoms with van der Waals surface area (Å²) in [6.45, 7) is 2.77. The van der Waals surface area contributed by atoms with Crippen molar-refractivity contribution in [2.45, 2.75) is 6.92 Å². The number of methoxy groups -OCH3 is 1. The van der Waals surface area contributed by atoms with Gasteiger partial charge in [0.2, 0.25) is 0 Å². The quantitative estimate of drug-likeness (QED) is 0.655. The van der Waals surface area contributed by atoms with E-state index in [4.69, 9.17) is 9.47 Å². The van der Waals surface area contributed by atoms with E-state index in [1.807, 2.05) is 44.1 Å². The normalized spacial score (nSPS) is 10.2. The van der Waals surface area contributed by atoms with Gasteiger partial charge in [0.25, 0.3) is 5.91 Å². The topological polar surface area (TPSA) is 88.6 Å². The highest BCUT2D eigenvalue weighted by atomic mass is 16.5. The van der Waals surface area contributed by atoms with Crippen molar-refractivity contribution in [2.75, 3.05) is 51.1 Å². The summed E-state index contributed by atoms with van der Waals surface area (Å²) in [6.07, 6.45) is 0. The zero-order valence-corrected chi connectivity index (χ0v) is 15.6. The lowest BCUT2D eigenvalue weighted by Crippen LogP contribution is -2.32. The van der Waals surface area contributed by atoms with Gasteiger partial charge in [-0.2, -0.15) is 0 Å². The second-order valence-corrected chi connectivity index (χ2v) is 5.77. The highest BCUT2D eigenvalue weighted by molar-refractivity contribution is 5.77. The van der Waals surface area contributed by atoms with Crippen LogP contribution in [-0.2, 0) is 4.79 Å². The van der Waals surface area contributed by atoms with Crippen molar-refractivity contribution in [1.82, 2.24) is 15.3 Å². The molecule has 0 unspecified atom stereocenters. The molecule has 1 amide bonds. The summed E-state index contributed by atoms with van der Waals surface area (Å²) < 4.78 is 10.7. The number of anilines is 2. The monoisotopic (exact) mass is 359 g/mol. The number of amides is 1. The van der Waals surface area contributed by atoms with Crippen LogP contribution in [0.2, 0.25) is 0 Å². The molecule has 8 heteroatoms. The Bertz CT molecular complexity index is 737. The van der Waals surface area contributed by atoms with Gasteiger partial charge < -0.3 is 25.0 Å². The number of rotatable bonds is 9. The summed E-state index contributed by atoms with van der Waals surface area (Å²) in [6, 6.07) is 9.06. The minimum Gasteiger partial charge on any atom is -0.493 e. The van der Waals surface area contributed by atoms with Gasteiger partial charge >= 0.3 is 0 Å². The zero-order valence-electron chi connectivity index (χ0n) is 15.6. The van der Waals surface area contributed by atoms with Crippen LogP contribution >= 0.6 is 0 Å². The molecule has 1 aromatic carbocycles. The molecule has 0 spiro atoms. The van der Waals surface area contributed by atoms with Gasteiger partial charge in [0.05, 0.1) is 7.11 Å². The zero-order chi connectivity index (χ0) is 18.9. The molecule has 1 heterocycles. The summed E-state index contributed by atoms with van der Waals surface area (Å²) in [5.74, 6) is 3.17. The number of nitrogens with zero attached hydrogens (tertiary/aromatic N) is 3. The molecule has 0 aliphatic rings. The van der Waals surface area contributed by atoms with Crippen LogP contribution in [0, 0.1) is 6.92 Å². The first-order valence-electron chi connectivity index (χ1n) is 8.29. The Morgan fingerprint density at radius 3 is 2.58 bits per heavy atom. The molecule has 8 nitrogen and oxygen atoms in total. The third-order valence-corrected chi connectivity index (χ3v) is 3.46. The van der Waals surface area contributed by atoms with E-state index in [0.29, 0.717) is 30.4 Å². The molecule has 1 aromatic heterocycles. The summed E-state index contributed by atoms with van der Waals surface area (Å²) in [7, 11) is 5.41. The lowest BCUT2D eigenvalue weighted by molar-refractivity contribution is -0.123. The third-order valence-electron chi connectivity index (χ3n) is 3.46. The van der Waals surface area contributed by atoms with Crippen LogP contribution in [0.3, 0.4) is 0 Å². The summed E-state index contributed by atoms with van der Waals surface area (Å²) in [4.78, 5) is 22.5. The third kappa shape index (κ3) is 5.80. The van der Waals surface area contributed by atoms with E-state index >= 15 is 0 Å². The Hall–Kier alpha value is -3.03. The van der Waals surface area contributed by atoms with Crippen molar-refractivity contribution in [2.24, 2.45) is 0 Å². The average molecular weight is 359 g/mol. The minimum atomic E-state index is -0.203. The number of carbonyl (C=O) groups is 1. The van der Waals surface area contributed by atoms with Gasteiger partial charge in [-0.25, -0.2) is 9.97 Å². The molecule has 2 rings (SSSR count). The van der Waals surface area contributed by atoms with E-state index in [0.717, 1.165) is 11.6 Å². The van der Waals surface area contributed by atoms with Crippen molar-refractivity contribution in [1.29, 1.82) is 0 Å².